The predicted octanol–water partition coefficient (Wildman–Crippen LogP) is 0.158. The number of hydrogen-bond donors (Lipinski definition) is 1. The quantitative estimate of drug-likeness (QED) is 0.467. The Hall–Kier alpha value is -0.670. The molecule has 0 aromatic rings. The molecule has 1 N–H and O–H groups in total. The van der Waals surface area contributed by atoms with Crippen LogP contribution in [0.1, 0.15) is 6.92 Å². The lowest BCUT2D eigenvalue weighted by Crippen LogP contribution is -2.49. The third kappa shape index (κ3) is 2.44. The minimum Gasteiger partial charge on any atom is -0.390 e. The Morgan fingerprint density at radius 3 is 2.55 bits per heavy atom. The molecule has 0 aliphatic heterocycles. The second-order valence-electron chi connectivity index (χ2n) is 2.70. The van der Waals surface area contributed by atoms with E-state index < -0.39 is 0 Å². The first-order valence-corrected chi connectivity index (χ1v) is 3.73. The summed E-state index contributed by atoms with van der Waals surface area (Å²) in [4.78, 5) is 11.2. The topological polar surface area (TPSA) is 37.3 Å². The van der Waals surface area contributed by atoms with Gasteiger partial charge in [-0.05, 0) is 6.92 Å². The molecule has 0 spiro atoms. The summed E-state index contributed by atoms with van der Waals surface area (Å²) in [6.45, 7) is 6.50. The normalized spacial score (nSPS) is 15.5. The molecule has 0 aromatic heterocycles. The number of quaternary nitrogens is 1. The van der Waals surface area contributed by atoms with Crippen LogP contribution in [0.2, 0.25) is 0 Å². The Labute approximate surface area is 67.5 Å². The minimum atomic E-state index is -0.0402. The molecule has 0 radical (unpaired) electrons. The molecule has 0 saturated heterocycles. The van der Waals surface area contributed by atoms with E-state index in [1.807, 2.05) is 6.92 Å². The molecule has 0 saturated carbocycles. The van der Waals surface area contributed by atoms with Crippen molar-refractivity contribution in [3.8, 4) is 0 Å². The second kappa shape index (κ2) is 4.26. The van der Waals surface area contributed by atoms with Gasteiger partial charge in [0.1, 0.15) is 6.54 Å². The fourth-order valence-electron chi connectivity index (χ4n) is 0.865. The van der Waals surface area contributed by atoms with Crippen molar-refractivity contribution in [3.63, 3.8) is 0 Å². The SMILES string of the molecule is C=CC(=O)[N+](C)(CC)CCO. The van der Waals surface area contributed by atoms with Crippen LogP contribution >= 0.6 is 0 Å². The van der Waals surface area contributed by atoms with Gasteiger partial charge in [-0.2, -0.15) is 0 Å². The highest BCUT2D eigenvalue weighted by Crippen LogP contribution is 2.02. The van der Waals surface area contributed by atoms with Gasteiger partial charge in [0, 0.05) is 6.08 Å². The van der Waals surface area contributed by atoms with E-state index in [-0.39, 0.29) is 17.0 Å². The Morgan fingerprint density at radius 2 is 2.27 bits per heavy atom. The largest absolute Gasteiger partial charge is 0.390 e. The van der Waals surface area contributed by atoms with Crippen molar-refractivity contribution in [2.24, 2.45) is 0 Å². The number of rotatable bonds is 4. The van der Waals surface area contributed by atoms with Gasteiger partial charge in [0.15, 0.2) is 0 Å². The lowest BCUT2D eigenvalue weighted by molar-refractivity contribution is -0.830. The summed E-state index contributed by atoms with van der Waals surface area (Å²) < 4.78 is 0.236. The smallest absolute Gasteiger partial charge is 0.337 e. The highest BCUT2D eigenvalue weighted by molar-refractivity contribution is 5.80. The van der Waals surface area contributed by atoms with Crippen LogP contribution in [0.15, 0.2) is 12.7 Å². The molecule has 1 atom stereocenters. The lowest BCUT2D eigenvalue weighted by Gasteiger charge is -2.28. The molecule has 0 aromatic carbocycles. The molecule has 0 aliphatic rings. The van der Waals surface area contributed by atoms with Gasteiger partial charge < -0.3 is 5.11 Å². The maximum atomic E-state index is 11.2. The van der Waals surface area contributed by atoms with E-state index in [0.717, 1.165) is 0 Å². The third-order valence-electron chi connectivity index (χ3n) is 2.00. The van der Waals surface area contributed by atoms with E-state index >= 15 is 0 Å². The maximum Gasteiger partial charge on any atom is 0.337 e. The van der Waals surface area contributed by atoms with Gasteiger partial charge in [-0.1, -0.05) is 6.58 Å². The standard InChI is InChI=1S/C8H16NO2/c1-4-8(11)9(3,5-2)6-7-10/h4,10H,1,5-7H2,2-3H3/q+1. The summed E-state index contributed by atoms with van der Waals surface area (Å²) >= 11 is 0. The van der Waals surface area contributed by atoms with Crippen LogP contribution in [0.3, 0.4) is 0 Å². The summed E-state index contributed by atoms with van der Waals surface area (Å²) in [6, 6.07) is 0. The van der Waals surface area contributed by atoms with Crippen LogP contribution in [-0.4, -0.2) is 42.2 Å². The first-order valence-electron chi connectivity index (χ1n) is 3.73. The van der Waals surface area contributed by atoms with Crippen molar-refractivity contribution in [2.45, 2.75) is 6.92 Å². The Kier molecular flexibility index (Phi) is 4.00. The highest BCUT2D eigenvalue weighted by atomic mass is 16.3. The van der Waals surface area contributed by atoms with E-state index in [9.17, 15) is 4.79 Å². The van der Waals surface area contributed by atoms with Crippen molar-refractivity contribution < 1.29 is 14.4 Å². The van der Waals surface area contributed by atoms with Gasteiger partial charge in [-0.15, -0.1) is 0 Å². The zero-order valence-corrected chi connectivity index (χ0v) is 7.21. The Morgan fingerprint density at radius 1 is 1.73 bits per heavy atom. The van der Waals surface area contributed by atoms with Crippen molar-refractivity contribution in [2.75, 3.05) is 26.7 Å². The fourth-order valence-corrected chi connectivity index (χ4v) is 0.865. The monoisotopic (exact) mass is 158 g/mol. The van der Waals surface area contributed by atoms with Gasteiger partial charge in [0.2, 0.25) is 0 Å². The van der Waals surface area contributed by atoms with Gasteiger partial charge in [0.05, 0.1) is 20.2 Å². The highest BCUT2D eigenvalue weighted by Gasteiger charge is 2.25. The molecule has 64 valence electrons. The number of likely N-dealkylation sites (N-methyl/N-ethyl adjacent to an activating group) is 1. The molecule has 1 unspecified atom stereocenters. The van der Waals surface area contributed by atoms with E-state index in [1.165, 1.54) is 6.08 Å². The van der Waals surface area contributed by atoms with Crippen molar-refractivity contribution >= 4 is 5.91 Å². The summed E-state index contributed by atoms with van der Waals surface area (Å²) in [5.41, 5.74) is 0. The third-order valence-corrected chi connectivity index (χ3v) is 2.00. The number of amides is 1. The predicted molar refractivity (Wildman–Crippen MR) is 43.9 cm³/mol. The zero-order chi connectivity index (χ0) is 8.91. The summed E-state index contributed by atoms with van der Waals surface area (Å²) in [5.74, 6) is -0.0402. The van der Waals surface area contributed by atoms with E-state index in [0.29, 0.717) is 13.1 Å². The second-order valence-corrected chi connectivity index (χ2v) is 2.70. The molecule has 1 amide bonds. The lowest BCUT2D eigenvalue weighted by atomic mass is 10.3. The van der Waals surface area contributed by atoms with Crippen molar-refractivity contribution in [1.29, 1.82) is 0 Å². The summed E-state index contributed by atoms with van der Waals surface area (Å²) in [6.07, 6.45) is 1.30. The average molecular weight is 158 g/mol. The molecule has 0 rings (SSSR count). The van der Waals surface area contributed by atoms with Crippen LogP contribution in [-0.2, 0) is 4.79 Å². The molecular formula is C8H16NO2+. The van der Waals surface area contributed by atoms with Crippen molar-refractivity contribution in [1.82, 2.24) is 0 Å². The number of hydrogen-bond acceptors (Lipinski definition) is 2. The molecular weight excluding hydrogens is 142 g/mol. The van der Waals surface area contributed by atoms with Crippen molar-refractivity contribution in [3.05, 3.63) is 12.7 Å². The molecule has 0 fully saturated rings. The van der Waals surface area contributed by atoms with Crippen LogP contribution in [0.25, 0.3) is 0 Å². The van der Waals surface area contributed by atoms with E-state index in [1.54, 1.807) is 7.05 Å². The van der Waals surface area contributed by atoms with Crippen LogP contribution in [0.4, 0.5) is 0 Å². The first-order chi connectivity index (χ1) is 5.10. The number of aliphatic hydroxyl groups is 1. The van der Waals surface area contributed by atoms with E-state index in [4.69, 9.17) is 5.11 Å². The number of aliphatic hydroxyl groups excluding tert-OH is 1. The number of carbonyl (C=O) groups excluding carboxylic acids is 1. The minimum absolute atomic E-state index is 0.0317. The fraction of sp³-hybridized carbons (Fsp3) is 0.625. The molecule has 0 aliphatic carbocycles. The van der Waals surface area contributed by atoms with E-state index in [2.05, 4.69) is 6.58 Å². The molecule has 11 heavy (non-hydrogen) atoms. The molecule has 3 heteroatoms. The van der Waals surface area contributed by atoms with Gasteiger partial charge in [-0.25, -0.2) is 4.79 Å². The zero-order valence-electron chi connectivity index (χ0n) is 7.21. The average Bonchev–Trinajstić information content (AvgIpc) is 2.03. The van der Waals surface area contributed by atoms with Crippen LogP contribution in [0.5, 0.6) is 0 Å². The molecule has 0 heterocycles. The summed E-state index contributed by atoms with van der Waals surface area (Å²) in [7, 11) is 1.79. The molecule has 0 bridgehead atoms. The van der Waals surface area contributed by atoms with Crippen LogP contribution < -0.4 is 0 Å². The molecule has 3 nitrogen and oxygen atoms in total. The van der Waals surface area contributed by atoms with Crippen LogP contribution in [0, 0.1) is 0 Å². The number of carbonyl (C=O) groups is 1. The summed E-state index contributed by atoms with van der Waals surface area (Å²) in [5, 5.41) is 8.68. The van der Waals surface area contributed by atoms with Gasteiger partial charge in [-0.3, -0.25) is 4.48 Å². The Balaban J connectivity index is 4.31. The Bertz CT molecular complexity index is 156. The maximum absolute atomic E-state index is 11.2. The van der Waals surface area contributed by atoms with Gasteiger partial charge in [0.25, 0.3) is 0 Å². The van der Waals surface area contributed by atoms with Gasteiger partial charge >= 0.3 is 5.91 Å². The number of nitrogens with zero attached hydrogens (tertiary/aromatic N) is 1. The first kappa shape index (κ1) is 10.3.